The number of halogens is 3. The summed E-state index contributed by atoms with van der Waals surface area (Å²) < 4.78 is 37.9. The van der Waals surface area contributed by atoms with Gasteiger partial charge in [0.15, 0.2) is 0 Å². The van der Waals surface area contributed by atoms with Crippen LogP contribution < -0.4 is 0 Å². The van der Waals surface area contributed by atoms with E-state index in [1.807, 2.05) is 0 Å². The molecule has 0 fully saturated rings. The lowest BCUT2D eigenvalue weighted by atomic mass is 10.1. The van der Waals surface area contributed by atoms with E-state index >= 15 is 0 Å². The second-order valence-electron chi connectivity index (χ2n) is 4.36. The highest BCUT2D eigenvalue weighted by atomic mass is 19.4. The summed E-state index contributed by atoms with van der Waals surface area (Å²) in [6, 6.07) is 3.50. The van der Waals surface area contributed by atoms with Crippen LogP contribution >= 0.6 is 0 Å². The van der Waals surface area contributed by atoms with Crippen molar-refractivity contribution >= 4 is 0 Å². The number of rotatable bonds is 3. The van der Waals surface area contributed by atoms with Gasteiger partial charge in [0.2, 0.25) is 5.60 Å². The molecule has 0 saturated heterocycles. The highest BCUT2D eigenvalue weighted by Gasteiger charge is 2.53. The molecule has 0 aliphatic heterocycles. The van der Waals surface area contributed by atoms with Gasteiger partial charge in [-0.2, -0.15) is 13.2 Å². The Hall–Kier alpha value is -1.89. The number of hydrogen-bond acceptors (Lipinski definition) is 3. The van der Waals surface area contributed by atoms with Gasteiger partial charge in [-0.25, -0.2) is 4.98 Å². The molecule has 7 heteroatoms. The summed E-state index contributed by atoms with van der Waals surface area (Å²) in [4.78, 5) is 9.97. The number of H-pyrrole nitrogens is 1. The number of aromatic amines is 1. The molecule has 2 aromatic rings. The first-order valence-electron chi connectivity index (χ1n) is 5.53. The Labute approximate surface area is 107 Å². The van der Waals surface area contributed by atoms with E-state index in [-0.39, 0.29) is 0 Å². The van der Waals surface area contributed by atoms with Crippen LogP contribution in [-0.2, 0) is 12.0 Å². The van der Waals surface area contributed by atoms with E-state index in [0.717, 1.165) is 5.56 Å². The zero-order valence-electron chi connectivity index (χ0n) is 10.1. The van der Waals surface area contributed by atoms with Gasteiger partial charge < -0.3 is 10.1 Å². The van der Waals surface area contributed by atoms with Crippen LogP contribution in [0.4, 0.5) is 13.2 Å². The Morgan fingerprint density at radius 3 is 2.47 bits per heavy atom. The van der Waals surface area contributed by atoms with Crippen molar-refractivity contribution in [1.29, 1.82) is 0 Å². The summed E-state index contributed by atoms with van der Waals surface area (Å²) in [5, 5.41) is 9.47. The molecule has 102 valence electrons. The predicted octanol–water partition coefficient (Wildman–Crippen LogP) is 2.17. The molecule has 0 aliphatic carbocycles. The van der Waals surface area contributed by atoms with E-state index in [1.165, 1.54) is 6.20 Å². The number of alkyl halides is 3. The molecule has 4 nitrogen and oxygen atoms in total. The van der Waals surface area contributed by atoms with E-state index in [1.54, 1.807) is 24.5 Å². The maximum Gasteiger partial charge on any atom is 0.424 e. The van der Waals surface area contributed by atoms with Crippen molar-refractivity contribution in [1.82, 2.24) is 15.0 Å². The molecule has 0 amide bonds. The van der Waals surface area contributed by atoms with Crippen LogP contribution in [0.1, 0.15) is 24.0 Å². The fraction of sp³-hybridized carbons (Fsp3) is 0.333. The number of nitrogens with one attached hydrogen (secondary N) is 1. The molecule has 0 unspecified atom stereocenters. The van der Waals surface area contributed by atoms with Crippen LogP contribution in [0.25, 0.3) is 0 Å². The van der Waals surface area contributed by atoms with E-state index in [0.29, 0.717) is 19.0 Å². The maximum absolute atomic E-state index is 12.6. The summed E-state index contributed by atoms with van der Waals surface area (Å²) in [5.74, 6) is -0.510. The van der Waals surface area contributed by atoms with Crippen molar-refractivity contribution in [3.05, 3.63) is 47.8 Å². The van der Waals surface area contributed by atoms with Crippen molar-refractivity contribution in [2.45, 2.75) is 25.1 Å². The molecule has 0 bridgehead atoms. The lowest BCUT2D eigenvalue weighted by molar-refractivity contribution is -0.261. The molecule has 0 radical (unpaired) electrons. The van der Waals surface area contributed by atoms with Gasteiger partial charge in [-0.05, 0) is 24.6 Å². The summed E-state index contributed by atoms with van der Waals surface area (Å²) in [6.07, 6.45) is 0.0925. The highest BCUT2D eigenvalue weighted by Crippen LogP contribution is 2.36. The number of pyridine rings is 1. The Kier molecular flexibility index (Phi) is 3.32. The van der Waals surface area contributed by atoms with Crippen LogP contribution in [0.5, 0.6) is 0 Å². The highest BCUT2D eigenvalue weighted by molar-refractivity contribution is 5.19. The van der Waals surface area contributed by atoms with Gasteiger partial charge >= 0.3 is 6.18 Å². The fourth-order valence-electron chi connectivity index (χ4n) is 1.55. The molecule has 0 saturated carbocycles. The summed E-state index contributed by atoms with van der Waals surface area (Å²) >= 11 is 0. The molecule has 2 heterocycles. The fourth-order valence-corrected chi connectivity index (χ4v) is 1.55. The molecule has 2 rings (SSSR count). The van der Waals surface area contributed by atoms with E-state index in [2.05, 4.69) is 15.0 Å². The Morgan fingerprint density at radius 2 is 1.89 bits per heavy atom. The third-order valence-electron chi connectivity index (χ3n) is 2.79. The molecular weight excluding hydrogens is 259 g/mol. The minimum atomic E-state index is -4.78. The second kappa shape index (κ2) is 4.65. The topological polar surface area (TPSA) is 61.8 Å². The molecule has 2 N–H and O–H groups in total. The third kappa shape index (κ3) is 2.76. The van der Waals surface area contributed by atoms with Crippen molar-refractivity contribution in [3.63, 3.8) is 0 Å². The van der Waals surface area contributed by atoms with Crippen LogP contribution in [0.15, 0.2) is 30.7 Å². The first kappa shape index (κ1) is 13.5. The number of aromatic nitrogens is 3. The largest absolute Gasteiger partial charge is 0.424 e. The molecule has 0 spiro atoms. The number of hydrogen-bond donors (Lipinski definition) is 2. The average Bonchev–Trinajstić information content (AvgIpc) is 2.78. The molecule has 0 aliphatic rings. The lowest BCUT2D eigenvalue weighted by Gasteiger charge is -2.23. The molecular formula is C12H12F3N3O. The van der Waals surface area contributed by atoms with Crippen LogP contribution in [0.3, 0.4) is 0 Å². The van der Waals surface area contributed by atoms with Crippen molar-refractivity contribution in [2.24, 2.45) is 0 Å². The van der Waals surface area contributed by atoms with E-state index in [4.69, 9.17) is 0 Å². The van der Waals surface area contributed by atoms with Crippen molar-refractivity contribution in [2.75, 3.05) is 0 Å². The quantitative estimate of drug-likeness (QED) is 0.899. The first-order chi connectivity index (χ1) is 8.80. The number of nitrogens with zero attached hydrogens (tertiary/aromatic N) is 2. The van der Waals surface area contributed by atoms with Gasteiger partial charge in [-0.3, -0.25) is 4.98 Å². The van der Waals surface area contributed by atoms with Crippen molar-refractivity contribution < 1.29 is 18.3 Å². The van der Waals surface area contributed by atoms with Gasteiger partial charge in [-0.15, -0.1) is 0 Å². The van der Waals surface area contributed by atoms with Crippen LogP contribution in [-0.4, -0.2) is 26.2 Å². The summed E-state index contributed by atoms with van der Waals surface area (Å²) in [5.41, 5.74) is -1.61. The van der Waals surface area contributed by atoms with E-state index in [9.17, 15) is 18.3 Å². The monoisotopic (exact) mass is 271 g/mol. The zero-order valence-corrected chi connectivity index (χ0v) is 10.1. The number of imidazole rings is 1. The van der Waals surface area contributed by atoms with Gasteiger partial charge in [0.25, 0.3) is 0 Å². The predicted molar refractivity (Wildman–Crippen MR) is 61.3 cm³/mol. The minimum Gasteiger partial charge on any atom is -0.374 e. The van der Waals surface area contributed by atoms with Crippen LogP contribution in [0, 0.1) is 0 Å². The standard InChI is InChI=1S/C12H12F3N3O/c1-11(19,12(13,14)15)10-17-7-9(18-10)6-8-2-4-16-5-3-8/h2-5,7,19H,6H2,1H3,(H,17,18)/t11-/m1/s1. The van der Waals surface area contributed by atoms with E-state index < -0.39 is 17.6 Å². The molecule has 0 aromatic carbocycles. The molecule has 1 atom stereocenters. The van der Waals surface area contributed by atoms with Gasteiger partial charge in [0.05, 0.1) is 0 Å². The molecule has 19 heavy (non-hydrogen) atoms. The van der Waals surface area contributed by atoms with Crippen molar-refractivity contribution in [3.8, 4) is 0 Å². The Balaban J connectivity index is 2.20. The Morgan fingerprint density at radius 1 is 1.26 bits per heavy atom. The Bertz CT molecular complexity index is 549. The second-order valence-corrected chi connectivity index (χ2v) is 4.36. The summed E-state index contributed by atoms with van der Waals surface area (Å²) in [6.45, 7) is 0.669. The average molecular weight is 271 g/mol. The van der Waals surface area contributed by atoms with Gasteiger partial charge in [0, 0.05) is 30.7 Å². The number of aliphatic hydroxyl groups is 1. The van der Waals surface area contributed by atoms with Gasteiger partial charge in [0.1, 0.15) is 5.82 Å². The SMILES string of the molecule is C[C@@](O)(c1ncc(Cc2ccncc2)[nH]1)C(F)(F)F. The summed E-state index contributed by atoms with van der Waals surface area (Å²) in [7, 11) is 0. The third-order valence-corrected chi connectivity index (χ3v) is 2.79. The smallest absolute Gasteiger partial charge is 0.374 e. The maximum atomic E-state index is 12.6. The zero-order chi connectivity index (χ0) is 14.1. The molecule has 2 aromatic heterocycles. The first-order valence-corrected chi connectivity index (χ1v) is 5.53. The van der Waals surface area contributed by atoms with Gasteiger partial charge in [-0.1, -0.05) is 0 Å². The normalized spacial score (nSPS) is 15.2. The lowest BCUT2D eigenvalue weighted by Crippen LogP contribution is -2.40. The minimum absolute atomic E-state index is 0.392. The van der Waals surface area contributed by atoms with Crippen LogP contribution in [0.2, 0.25) is 0 Å².